The zero-order valence-corrected chi connectivity index (χ0v) is 23.7. The van der Waals surface area contributed by atoms with E-state index in [4.69, 9.17) is 10.5 Å². The second-order valence-corrected chi connectivity index (χ2v) is 10.7. The lowest BCUT2D eigenvalue weighted by molar-refractivity contribution is -0.145. The van der Waals surface area contributed by atoms with Crippen LogP contribution in [-0.4, -0.2) is 52.4 Å². The van der Waals surface area contributed by atoms with Crippen molar-refractivity contribution in [1.82, 2.24) is 15.5 Å². The molecular weight excluding hydrogens is 472 g/mol. The Morgan fingerprint density at radius 1 is 1.03 bits per heavy atom. The summed E-state index contributed by atoms with van der Waals surface area (Å²) in [5, 5.41) is 5.68. The highest BCUT2D eigenvalue weighted by Gasteiger charge is 2.39. The van der Waals surface area contributed by atoms with Crippen molar-refractivity contribution in [3.8, 4) is 0 Å². The van der Waals surface area contributed by atoms with Gasteiger partial charge >= 0.3 is 6.09 Å². The minimum atomic E-state index is -1.11. The lowest BCUT2D eigenvalue weighted by Gasteiger charge is -2.39. The standard InChI is InChI=1S/C28H46N4O5/c1-9-13-19(4)30-25(34)24(21-15-12-11-14-18(21)3)32(20(5)10-2)26(35)22(16-17-23(29)33)31-27(36)37-28(6,7)8/h11-12,14-15,19-20,22,24H,9-10,13,16-17H2,1-8H3,(H2,29,33)(H,30,34)(H,31,36). The van der Waals surface area contributed by atoms with Gasteiger partial charge in [-0.15, -0.1) is 0 Å². The number of alkyl carbamates (subject to hydrolysis) is 1. The molecule has 0 heterocycles. The Morgan fingerprint density at radius 2 is 1.65 bits per heavy atom. The predicted octanol–water partition coefficient (Wildman–Crippen LogP) is 4.13. The van der Waals surface area contributed by atoms with E-state index in [-0.39, 0.29) is 30.8 Å². The molecule has 0 saturated carbocycles. The van der Waals surface area contributed by atoms with E-state index in [2.05, 4.69) is 10.6 Å². The number of hydrogen-bond donors (Lipinski definition) is 3. The van der Waals surface area contributed by atoms with Crippen LogP contribution in [0.1, 0.15) is 97.7 Å². The number of nitrogens with zero attached hydrogens (tertiary/aromatic N) is 1. The summed E-state index contributed by atoms with van der Waals surface area (Å²) in [6, 6.07) is 4.98. The van der Waals surface area contributed by atoms with Gasteiger partial charge in [-0.2, -0.15) is 0 Å². The highest BCUT2D eigenvalue weighted by Crippen LogP contribution is 2.29. The molecule has 0 aliphatic carbocycles. The van der Waals surface area contributed by atoms with Crippen LogP contribution in [0.15, 0.2) is 24.3 Å². The molecule has 4 amide bonds. The van der Waals surface area contributed by atoms with Gasteiger partial charge in [-0.25, -0.2) is 4.79 Å². The molecule has 208 valence electrons. The molecule has 9 nitrogen and oxygen atoms in total. The van der Waals surface area contributed by atoms with Gasteiger partial charge < -0.3 is 26.0 Å². The molecular formula is C28H46N4O5. The van der Waals surface area contributed by atoms with Gasteiger partial charge in [0.15, 0.2) is 0 Å². The van der Waals surface area contributed by atoms with Crippen LogP contribution >= 0.6 is 0 Å². The molecule has 1 aromatic rings. The SMILES string of the molecule is CCCC(C)NC(=O)C(c1ccccc1C)N(C(=O)C(CCC(N)=O)NC(=O)OC(C)(C)C)C(C)CC. The third-order valence-electron chi connectivity index (χ3n) is 6.11. The van der Waals surface area contributed by atoms with Crippen molar-refractivity contribution in [3.05, 3.63) is 35.4 Å². The Kier molecular flexibility index (Phi) is 12.6. The molecule has 4 atom stereocenters. The van der Waals surface area contributed by atoms with Crippen molar-refractivity contribution >= 4 is 23.8 Å². The van der Waals surface area contributed by atoms with Crippen molar-refractivity contribution in [2.45, 2.75) is 117 Å². The number of amides is 4. The number of hydrogen-bond acceptors (Lipinski definition) is 5. The maximum Gasteiger partial charge on any atom is 0.408 e. The fourth-order valence-corrected chi connectivity index (χ4v) is 4.11. The van der Waals surface area contributed by atoms with Crippen LogP contribution in [0.25, 0.3) is 0 Å². The van der Waals surface area contributed by atoms with Gasteiger partial charge in [0.05, 0.1) is 0 Å². The smallest absolute Gasteiger partial charge is 0.408 e. The number of carbonyl (C=O) groups excluding carboxylic acids is 4. The molecule has 9 heteroatoms. The number of nitrogens with two attached hydrogens (primary N) is 1. The van der Waals surface area contributed by atoms with E-state index in [1.54, 1.807) is 20.8 Å². The summed E-state index contributed by atoms with van der Waals surface area (Å²) in [5.41, 5.74) is 6.14. The topological polar surface area (TPSA) is 131 Å². The summed E-state index contributed by atoms with van der Waals surface area (Å²) >= 11 is 0. The molecule has 0 spiro atoms. The number of rotatable bonds is 13. The fraction of sp³-hybridized carbons (Fsp3) is 0.643. The average molecular weight is 519 g/mol. The quantitative estimate of drug-likeness (QED) is 0.361. The monoisotopic (exact) mass is 518 g/mol. The first-order valence-corrected chi connectivity index (χ1v) is 13.2. The number of nitrogens with one attached hydrogen (secondary N) is 2. The van der Waals surface area contributed by atoms with Gasteiger partial charge in [-0.3, -0.25) is 14.4 Å². The van der Waals surface area contributed by atoms with Gasteiger partial charge in [0, 0.05) is 18.5 Å². The molecule has 0 aliphatic heterocycles. The molecule has 1 aromatic carbocycles. The Balaban J connectivity index is 3.56. The Bertz CT molecular complexity index is 927. The number of carbonyl (C=O) groups is 4. The van der Waals surface area contributed by atoms with E-state index < -0.39 is 35.6 Å². The van der Waals surface area contributed by atoms with Crippen LogP contribution < -0.4 is 16.4 Å². The third-order valence-corrected chi connectivity index (χ3v) is 6.11. The van der Waals surface area contributed by atoms with E-state index in [1.165, 1.54) is 4.90 Å². The first-order valence-electron chi connectivity index (χ1n) is 13.2. The maximum atomic E-state index is 14.1. The van der Waals surface area contributed by atoms with Crippen molar-refractivity contribution < 1.29 is 23.9 Å². The molecule has 0 radical (unpaired) electrons. The minimum absolute atomic E-state index is 0.0192. The zero-order valence-electron chi connectivity index (χ0n) is 23.7. The number of aryl methyl sites for hydroxylation is 1. The number of benzene rings is 1. The van der Waals surface area contributed by atoms with Crippen LogP contribution in [0.5, 0.6) is 0 Å². The second-order valence-electron chi connectivity index (χ2n) is 10.7. The summed E-state index contributed by atoms with van der Waals surface area (Å²) < 4.78 is 5.37. The lowest BCUT2D eigenvalue weighted by atomic mass is 9.95. The molecule has 0 fully saturated rings. The normalized spacial score (nSPS) is 14.6. The summed E-state index contributed by atoms with van der Waals surface area (Å²) in [6.07, 6.45) is 1.35. The lowest BCUT2D eigenvalue weighted by Crippen LogP contribution is -2.56. The van der Waals surface area contributed by atoms with Crippen molar-refractivity contribution in [2.75, 3.05) is 0 Å². The first kappa shape index (κ1) is 31.9. The van der Waals surface area contributed by atoms with Gasteiger partial charge in [-0.1, -0.05) is 44.5 Å². The average Bonchev–Trinajstić information content (AvgIpc) is 2.78. The van der Waals surface area contributed by atoms with Crippen molar-refractivity contribution in [1.29, 1.82) is 0 Å². The highest BCUT2D eigenvalue weighted by atomic mass is 16.6. The highest BCUT2D eigenvalue weighted by molar-refractivity contribution is 5.93. The molecule has 4 unspecified atom stereocenters. The maximum absolute atomic E-state index is 14.1. The molecule has 1 rings (SSSR count). The van der Waals surface area contributed by atoms with E-state index >= 15 is 0 Å². The predicted molar refractivity (Wildman–Crippen MR) is 145 cm³/mol. The number of ether oxygens (including phenoxy) is 1. The second kappa shape index (κ2) is 14.6. The molecule has 0 aromatic heterocycles. The first-order chi connectivity index (χ1) is 17.2. The van der Waals surface area contributed by atoms with Gasteiger partial charge in [0.1, 0.15) is 17.7 Å². The Hall–Kier alpha value is -3.10. The summed E-state index contributed by atoms with van der Waals surface area (Å²) in [7, 11) is 0. The van der Waals surface area contributed by atoms with Gasteiger partial charge in [0.25, 0.3) is 0 Å². The summed E-state index contributed by atoms with van der Waals surface area (Å²) in [6.45, 7) is 14.8. The van der Waals surface area contributed by atoms with E-state index in [9.17, 15) is 19.2 Å². The molecule has 0 saturated heterocycles. The van der Waals surface area contributed by atoms with Crippen LogP contribution in [0.2, 0.25) is 0 Å². The fourth-order valence-electron chi connectivity index (χ4n) is 4.11. The van der Waals surface area contributed by atoms with Gasteiger partial charge in [0.2, 0.25) is 17.7 Å². The number of primary amides is 1. The zero-order chi connectivity index (χ0) is 28.3. The third kappa shape index (κ3) is 10.4. The van der Waals surface area contributed by atoms with Crippen molar-refractivity contribution in [3.63, 3.8) is 0 Å². The molecule has 0 bridgehead atoms. The summed E-state index contributed by atoms with van der Waals surface area (Å²) in [4.78, 5) is 53.6. The van der Waals surface area contributed by atoms with E-state index in [1.807, 2.05) is 58.9 Å². The Morgan fingerprint density at radius 3 is 2.16 bits per heavy atom. The Labute approximate surface area is 221 Å². The molecule has 0 aliphatic rings. The van der Waals surface area contributed by atoms with Crippen molar-refractivity contribution in [2.24, 2.45) is 5.73 Å². The molecule has 4 N–H and O–H groups in total. The van der Waals surface area contributed by atoms with E-state index in [0.717, 1.165) is 18.4 Å². The largest absolute Gasteiger partial charge is 0.444 e. The van der Waals surface area contributed by atoms with Crippen LogP contribution in [0, 0.1) is 6.92 Å². The van der Waals surface area contributed by atoms with Gasteiger partial charge in [-0.05, 0) is 71.9 Å². The summed E-state index contributed by atoms with van der Waals surface area (Å²) in [5.74, 6) is -1.37. The minimum Gasteiger partial charge on any atom is -0.444 e. The van der Waals surface area contributed by atoms with Crippen LogP contribution in [0.4, 0.5) is 4.79 Å². The van der Waals surface area contributed by atoms with Crippen LogP contribution in [0.3, 0.4) is 0 Å². The van der Waals surface area contributed by atoms with E-state index in [0.29, 0.717) is 12.0 Å². The molecule has 37 heavy (non-hydrogen) atoms. The van der Waals surface area contributed by atoms with Crippen LogP contribution in [-0.2, 0) is 19.1 Å².